The van der Waals surface area contributed by atoms with Crippen LogP contribution in [0.1, 0.15) is 53.4 Å². The molecule has 0 aliphatic heterocycles. The Balaban J connectivity index is 2.51. The van der Waals surface area contributed by atoms with Gasteiger partial charge in [0.25, 0.3) is 0 Å². The predicted octanol–water partition coefficient (Wildman–Crippen LogP) is 4.10. The minimum absolute atomic E-state index is 0.947. The molecule has 0 amide bonds. The van der Waals surface area contributed by atoms with Gasteiger partial charge in [0.1, 0.15) is 0 Å². The van der Waals surface area contributed by atoms with Crippen molar-refractivity contribution in [1.29, 1.82) is 0 Å². The van der Waals surface area contributed by atoms with Gasteiger partial charge in [0.05, 0.1) is 0 Å². The van der Waals surface area contributed by atoms with Gasteiger partial charge in [-0.15, -0.1) is 0 Å². The molecule has 0 saturated heterocycles. The van der Waals surface area contributed by atoms with Crippen molar-refractivity contribution in [2.45, 2.75) is 53.4 Å². The van der Waals surface area contributed by atoms with Crippen molar-refractivity contribution in [3.05, 3.63) is 0 Å². The van der Waals surface area contributed by atoms with Crippen LogP contribution in [0.4, 0.5) is 0 Å². The molecule has 0 N–H and O–H groups in total. The molecule has 4 atom stereocenters. The molecule has 0 nitrogen and oxygen atoms in total. The zero-order chi connectivity index (χ0) is 9.14. The van der Waals surface area contributed by atoms with Gasteiger partial charge in [-0.05, 0) is 30.1 Å². The molecule has 1 aliphatic rings. The van der Waals surface area contributed by atoms with Gasteiger partial charge in [0.2, 0.25) is 0 Å². The Labute approximate surface area is 77.7 Å². The van der Waals surface area contributed by atoms with E-state index in [2.05, 4.69) is 27.7 Å². The van der Waals surface area contributed by atoms with Crippen LogP contribution in [0.25, 0.3) is 0 Å². The lowest BCUT2D eigenvalue weighted by Gasteiger charge is -2.37. The molecule has 0 spiro atoms. The molecule has 1 rings (SSSR count). The fraction of sp³-hybridized carbons (Fsp3) is 1.00. The lowest BCUT2D eigenvalue weighted by molar-refractivity contribution is 0.129. The summed E-state index contributed by atoms with van der Waals surface area (Å²) in [5.41, 5.74) is 0. The number of rotatable bonds is 2. The molecule has 0 aromatic heterocycles. The van der Waals surface area contributed by atoms with E-state index in [1.54, 1.807) is 0 Å². The summed E-state index contributed by atoms with van der Waals surface area (Å²) in [5.74, 6) is 3.90. The van der Waals surface area contributed by atoms with E-state index in [1.165, 1.54) is 25.7 Å². The van der Waals surface area contributed by atoms with Crippen molar-refractivity contribution < 1.29 is 0 Å². The molecule has 72 valence electrons. The quantitative estimate of drug-likeness (QED) is 0.582. The van der Waals surface area contributed by atoms with Crippen molar-refractivity contribution >= 4 is 0 Å². The summed E-state index contributed by atoms with van der Waals surface area (Å²) in [5, 5.41) is 0. The van der Waals surface area contributed by atoms with Gasteiger partial charge < -0.3 is 0 Å². The SMILES string of the molecule is CCC(C)C1CCCC(C)C1C. The molecular formula is C12H24. The summed E-state index contributed by atoms with van der Waals surface area (Å²) < 4.78 is 0. The third kappa shape index (κ3) is 2.02. The highest BCUT2D eigenvalue weighted by Gasteiger charge is 2.29. The van der Waals surface area contributed by atoms with Crippen LogP contribution in [0.15, 0.2) is 0 Å². The van der Waals surface area contributed by atoms with Gasteiger partial charge in [0.15, 0.2) is 0 Å². The van der Waals surface area contributed by atoms with E-state index < -0.39 is 0 Å². The molecule has 0 aromatic rings. The Morgan fingerprint density at radius 3 is 2.50 bits per heavy atom. The maximum atomic E-state index is 2.46. The Morgan fingerprint density at radius 1 is 1.25 bits per heavy atom. The maximum Gasteiger partial charge on any atom is -0.0360 e. The second kappa shape index (κ2) is 4.30. The lowest BCUT2D eigenvalue weighted by atomic mass is 9.68. The molecule has 12 heavy (non-hydrogen) atoms. The zero-order valence-electron chi connectivity index (χ0n) is 9.14. The van der Waals surface area contributed by atoms with Crippen LogP contribution >= 0.6 is 0 Å². The van der Waals surface area contributed by atoms with Gasteiger partial charge in [-0.3, -0.25) is 0 Å². The first-order valence-corrected chi connectivity index (χ1v) is 5.66. The summed E-state index contributed by atoms with van der Waals surface area (Å²) >= 11 is 0. The summed E-state index contributed by atoms with van der Waals surface area (Å²) in [6, 6.07) is 0. The maximum absolute atomic E-state index is 2.46. The molecule has 1 aliphatic carbocycles. The van der Waals surface area contributed by atoms with E-state index in [0.717, 1.165) is 23.7 Å². The molecule has 1 saturated carbocycles. The van der Waals surface area contributed by atoms with E-state index in [9.17, 15) is 0 Å². The van der Waals surface area contributed by atoms with Crippen molar-refractivity contribution in [1.82, 2.24) is 0 Å². The summed E-state index contributed by atoms with van der Waals surface area (Å²) in [7, 11) is 0. The highest BCUT2D eigenvalue weighted by atomic mass is 14.3. The fourth-order valence-electron chi connectivity index (χ4n) is 2.73. The van der Waals surface area contributed by atoms with Crippen molar-refractivity contribution in [3.63, 3.8) is 0 Å². The zero-order valence-corrected chi connectivity index (χ0v) is 9.14. The summed E-state index contributed by atoms with van der Waals surface area (Å²) in [4.78, 5) is 0. The second-order valence-electron chi connectivity index (χ2n) is 4.82. The molecule has 0 heteroatoms. The third-order valence-corrected chi connectivity index (χ3v) is 4.14. The minimum Gasteiger partial charge on any atom is -0.0651 e. The second-order valence-corrected chi connectivity index (χ2v) is 4.82. The fourth-order valence-corrected chi connectivity index (χ4v) is 2.73. The standard InChI is InChI=1S/C12H24/c1-5-9(2)12-8-6-7-10(3)11(12)4/h9-12H,5-8H2,1-4H3. The average molecular weight is 168 g/mol. The van der Waals surface area contributed by atoms with Crippen LogP contribution in [-0.4, -0.2) is 0 Å². The molecule has 4 unspecified atom stereocenters. The molecule has 1 fully saturated rings. The van der Waals surface area contributed by atoms with Crippen molar-refractivity contribution in [2.24, 2.45) is 23.7 Å². The van der Waals surface area contributed by atoms with Gasteiger partial charge in [0, 0.05) is 0 Å². The first kappa shape index (κ1) is 10.1. The molecule has 0 heterocycles. The lowest BCUT2D eigenvalue weighted by Crippen LogP contribution is -2.28. The molecule has 0 radical (unpaired) electrons. The highest BCUT2D eigenvalue weighted by molar-refractivity contribution is 4.79. The van der Waals surface area contributed by atoms with Crippen LogP contribution in [-0.2, 0) is 0 Å². The van der Waals surface area contributed by atoms with Gasteiger partial charge in [-0.2, -0.15) is 0 Å². The van der Waals surface area contributed by atoms with Crippen LogP contribution in [0.2, 0.25) is 0 Å². The van der Waals surface area contributed by atoms with Crippen LogP contribution in [0, 0.1) is 23.7 Å². The number of hydrogen-bond acceptors (Lipinski definition) is 0. The van der Waals surface area contributed by atoms with E-state index in [-0.39, 0.29) is 0 Å². The van der Waals surface area contributed by atoms with Gasteiger partial charge in [-0.25, -0.2) is 0 Å². The third-order valence-electron chi connectivity index (χ3n) is 4.14. The van der Waals surface area contributed by atoms with Crippen LogP contribution in [0.3, 0.4) is 0 Å². The molecular weight excluding hydrogens is 144 g/mol. The summed E-state index contributed by atoms with van der Waals surface area (Å²) in [6.45, 7) is 9.65. The van der Waals surface area contributed by atoms with Gasteiger partial charge >= 0.3 is 0 Å². The Morgan fingerprint density at radius 2 is 1.92 bits per heavy atom. The van der Waals surface area contributed by atoms with Crippen LogP contribution < -0.4 is 0 Å². The van der Waals surface area contributed by atoms with Crippen LogP contribution in [0.5, 0.6) is 0 Å². The average Bonchev–Trinajstić information content (AvgIpc) is 2.08. The molecule has 0 aromatic carbocycles. The Kier molecular flexibility index (Phi) is 3.61. The van der Waals surface area contributed by atoms with E-state index >= 15 is 0 Å². The molecule has 0 bridgehead atoms. The first-order chi connectivity index (χ1) is 5.66. The largest absolute Gasteiger partial charge is 0.0651 e. The number of hydrogen-bond donors (Lipinski definition) is 0. The Hall–Kier alpha value is 0. The smallest absolute Gasteiger partial charge is 0.0360 e. The predicted molar refractivity (Wildman–Crippen MR) is 55.1 cm³/mol. The minimum atomic E-state index is 0.947. The normalized spacial score (nSPS) is 39.5. The first-order valence-electron chi connectivity index (χ1n) is 5.66. The monoisotopic (exact) mass is 168 g/mol. The Bertz CT molecular complexity index is 128. The van der Waals surface area contributed by atoms with E-state index in [4.69, 9.17) is 0 Å². The van der Waals surface area contributed by atoms with E-state index in [1.807, 2.05) is 0 Å². The summed E-state index contributed by atoms with van der Waals surface area (Å²) in [6.07, 6.45) is 5.79. The highest BCUT2D eigenvalue weighted by Crippen LogP contribution is 2.39. The van der Waals surface area contributed by atoms with Crippen molar-refractivity contribution in [3.8, 4) is 0 Å². The topological polar surface area (TPSA) is 0 Å². The van der Waals surface area contributed by atoms with E-state index in [0.29, 0.717) is 0 Å². The van der Waals surface area contributed by atoms with Gasteiger partial charge in [-0.1, -0.05) is 47.0 Å². The van der Waals surface area contributed by atoms with Crippen molar-refractivity contribution in [2.75, 3.05) is 0 Å².